The van der Waals surface area contributed by atoms with Gasteiger partial charge in [-0.3, -0.25) is 42.5 Å². The van der Waals surface area contributed by atoms with Crippen LogP contribution >= 0.6 is 140 Å². The molecule has 0 radical (unpaired) electrons. The number of rotatable bonds is 16. The second-order valence-corrected chi connectivity index (χ2v) is 29.9. The van der Waals surface area contributed by atoms with Crippen molar-refractivity contribution in [2.24, 2.45) is 0 Å². The standard InChI is InChI=1S/2C18H16BrN3O2S.C15H11Br2N3.C15H12BrN3S.C3H5ClO2.C3H6O2S.4CH4/c2*1-24-16(23)10-25-18-21-20-17(19)22(18)15-9-8-12(11-6-7-11)13-4-2-3-5-14(13)15;16-14-18-19-15(17)20(14)13-8-7-10(9-5-6-9)11-3-1-2-4-12(11)13;16-14-17-18-15(20)19(14)13-8-7-10(9-5-6-9)11-3-1-2-4-12(11)13;1-6-3(5)2-4;1-5-3(4)2-6;;;;/h2*2-5,8-9,11H,6-7,10H2,1H3;1-4,7-9H,5-6H2;1-4,7-9H,5-6H2,(H,18,20);2H2,1H3;6H,2H2,1H3;4*1H4. The fraction of sp³-hybridized carbons (Fsp3) is 0.316. The lowest BCUT2D eigenvalue weighted by atomic mass is 9.99. The Bertz CT molecular complexity index is 4900. The summed E-state index contributed by atoms with van der Waals surface area (Å²) in [5.41, 5.74) is 9.90. The second kappa shape index (κ2) is 40.6. The quantitative estimate of drug-likeness (QED) is 0.0229. The number of halogens is 6. The lowest BCUT2D eigenvalue weighted by Gasteiger charge is -2.13. The Morgan fingerprint density at radius 2 is 0.689 bits per heavy atom. The van der Waals surface area contributed by atoms with Crippen molar-refractivity contribution in [3.63, 3.8) is 0 Å². The third kappa shape index (κ3) is 21.0. The van der Waals surface area contributed by atoms with Crippen LogP contribution in [0.25, 0.3) is 65.8 Å². The van der Waals surface area contributed by atoms with Crippen molar-refractivity contribution in [3.05, 3.63) is 196 Å². The van der Waals surface area contributed by atoms with Crippen molar-refractivity contribution >= 4 is 207 Å². The molecule has 0 atom stereocenters. The summed E-state index contributed by atoms with van der Waals surface area (Å²) in [6.07, 6.45) is 10.3. The van der Waals surface area contributed by atoms with Gasteiger partial charge in [0, 0.05) is 21.5 Å². The predicted octanol–water partition coefficient (Wildman–Crippen LogP) is 21.2. The molecule has 0 saturated heterocycles. The van der Waals surface area contributed by atoms with E-state index in [9.17, 15) is 19.2 Å². The monoisotopic (exact) mass is 1850 g/mol. The number of hydrogen-bond donors (Lipinski definition) is 2. The van der Waals surface area contributed by atoms with E-state index in [1.165, 1.54) is 158 Å². The maximum atomic E-state index is 11.5. The molecule has 0 spiro atoms. The molecule has 0 aliphatic heterocycles. The second-order valence-electron chi connectivity index (χ2n) is 23.5. The molecule has 0 unspecified atom stereocenters. The fourth-order valence-corrected chi connectivity index (χ4v) is 16.3. The molecule has 4 aliphatic rings. The smallest absolute Gasteiger partial charge is 0.320 e. The van der Waals surface area contributed by atoms with Crippen LogP contribution in [0, 0.1) is 4.77 Å². The largest absolute Gasteiger partial charge is 0.468 e. The Balaban J connectivity index is 0.000000186. The van der Waals surface area contributed by atoms with E-state index in [1.54, 1.807) is 0 Å². The van der Waals surface area contributed by atoms with Crippen LogP contribution in [-0.2, 0) is 38.1 Å². The van der Waals surface area contributed by atoms with Gasteiger partial charge in [0.1, 0.15) is 5.88 Å². The number of thiol groups is 1. The van der Waals surface area contributed by atoms with E-state index in [1.807, 2.05) is 30.4 Å². The van der Waals surface area contributed by atoms with Crippen LogP contribution < -0.4 is 0 Å². The molecule has 12 aromatic rings. The number of esters is 4. The number of ether oxygens (including phenoxy) is 4. The summed E-state index contributed by atoms with van der Waals surface area (Å²) in [4.78, 5) is 42.6. The number of aromatic amines is 1. The van der Waals surface area contributed by atoms with E-state index < -0.39 is 5.97 Å². The van der Waals surface area contributed by atoms with Gasteiger partial charge in [0.05, 0.1) is 68.4 Å². The van der Waals surface area contributed by atoms with Gasteiger partial charge in [-0.05, 0) is 235 Å². The Hall–Kier alpha value is -6.80. The number of H-pyrrole nitrogens is 1. The Morgan fingerprint density at radius 1 is 0.415 bits per heavy atom. The highest BCUT2D eigenvalue weighted by Crippen LogP contribution is 2.48. The van der Waals surface area contributed by atoms with Gasteiger partial charge in [-0.2, -0.15) is 12.6 Å². The Kier molecular flexibility index (Phi) is 33.1. The first-order valence-electron chi connectivity index (χ1n) is 32.1. The molecule has 4 aliphatic carbocycles. The summed E-state index contributed by atoms with van der Waals surface area (Å²) in [7, 11) is 5.39. The third-order valence-corrected chi connectivity index (χ3v) is 22.1. The van der Waals surface area contributed by atoms with Crippen LogP contribution in [0.1, 0.15) is 127 Å². The van der Waals surface area contributed by atoms with Gasteiger partial charge in [0.25, 0.3) is 0 Å². The number of carbonyl (C=O) groups is 4. The zero-order valence-electron chi connectivity index (χ0n) is 55.3. The average molecular weight is 1850 g/mol. The molecule has 20 nitrogen and oxygen atoms in total. The van der Waals surface area contributed by atoms with E-state index in [4.69, 9.17) is 33.3 Å². The van der Waals surface area contributed by atoms with Gasteiger partial charge in [-0.15, -0.1) is 47.3 Å². The zero-order valence-corrected chi connectivity index (χ0v) is 67.3. The van der Waals surface area contributed by atoms with Gasteiger partial charge < -0.3 is 18.9 Å². The molecule has 560 valence electrons. The minimum absolute atomic E-state index is 0. The van der Waals surface area contributed by atoms with E-state index >= 15 is 0 Å². The first-order valence-corrected chi connectivity index (χ1v) is 39.6. The summed E-state index contributed by atoms with van der Waals surface area (Å²) in [5, 5.41) is 43.0. The van der Waals surface area contributed by atoms with Crippen LogP contribution in [0.15, 0.2) is 180 Å². The van der Waals surface area contributed by atoms with Gasteiger partial charge in [-0.1, -0.05) is 175 Å². The predicted molar refractivity (Wildman–Crippen MR) is 450 cm³/mol. The number of fused-ring (bicyclic) bond motifs is 4. The van der Waals surface area contributed by atoms with Crippen LogP contribution in [-0.4, -0.2) is 135 Å². The lowest BCUT2D eigenvalue weighted by molar-refractivity contribution is -0.138. The van der Waals surface area contributed by atoms with Crippen LogP contribution in [0.3, 0.4) is 0 Å². The third-order valence-electron chi connectivity index (χ3n) is 17.0. The number of alkyl halides is 1. The molecule has 8 aromatic carbocycles. The van der Waals surface area contributed by atoms with Crippen LogP contribution in [0.2, 0.25) is 0 Å². The Labute approximate surface area is 683 Å². The van der Waals surface area contributed by atoms with Crippen molar-refractivity contribution in [3.8, 4) is 22.7 Å². The molecule has 0 amide bonds. The molecular weight excluding hydrogens is 1770 g/mol. The van der Waals surface area contributed by atoms with Crippen LogP contribution in [0.5, 0.6) is 0 Å². The van der Waals surface area contributed by atoms with E-state index in [0.717, 1.165) is 45.4 Å². The molecule has 4 fully saturated rings. The highest BCUT2D eigenvalue weighted by Gasteiger charge is 2.30. The van der Waals surface area contributed by atoms with E-state index in [2.05, 4.69) is 276 Å². The SMILES string of the molecule is Brc1nnc(Br)n1-c1ccc(C2CC2)c2ccccc12.C.C.C.C.COC(=O)CCl.COC(=O)CS.COC(=O)CSc1nnc(Br)n1-c1ccc(C2CC2)c2ccccc12.COC(=O)CSc1nnc(Br)n1-c1ccc(C2CC2)c2ccccc12.S=c1[nH]nc(Br)n1-c1ccc(C2CC2)c2ccccc12. The molecule has 106 heavy (non-hydrogen) atoms. The summed E-state index contributed by atoms with van der Waals surface area (Å²) in [6.45, 7) is 0. The molecule has 16 rings (SSSR count). The van der Waals surface area contributed by atoms with E-state index in [-0.39, 0.29) is 70.8 Å². The van der Waals surface area contributed by atoms with Gasteiger partial charge >= 0.3 is 23.9 Å². The average Bonchev–Trinajstić information content (AvgIpc) is 1.50. The molecule has 4 heterocycles. The number of thioether (sulfide) groups is 2. The molecule has 0 bridgehead atoms. The summed E-state index contributed by atoms with van der Waals surface area (Å²) in [5.74, 6) is 2.06. The number of carbonyl (C=O) groups excluding carboxylic acids is 4. The van der Waals surface area contributed by atoms with Crippen molar-refractivity contribution in [1.29, 1.82) is 0 Å². The highest BCUT2D eigenvalue weighted by atomic mass is 79.9. The van der Waals surface area contributed by atoms with Gasteiger partial charge in [-0.25, -0.2) is 0 Å². The molecular formula is C76H82Br5ClN12O8S4. The molecule has 1 N–H and O–H groups in total. The van der Waals surface area contributed by atoms with Gasteiger partial charge in [0.2, 0.25) is 28.4 Å². The number of aromatic nitrogens is 12. The highest BCUT2D eigenvalue weighted by molar-refractivity contribution is 9.11. The number of nitrogens with zero attached hydrogens (tertiary/aromatic N) is 11. The topological polar surface area (TPSA) is 231 Å². The number of hydrogen-bond acceptors (Lipinski definition) is 19. The zero-order chi connectivity index (χ0) is 72.1. The lowest BCUT2D eigenvalue weighted by Crippen LogP contribution is -2.05. The van der Waals surface area contributed by atoms with Gasteiger partial charge in [0.15, 0.2) is 10.3 Å². The molecule has 4 saturated carbocycles. The molecule has 30 heteroatoms. The first-order chi connectivity index (χ1) is 49.5. The van der Waals surface area contributed by atoms with Crippen molar-refractivity contribution in [2.75, 3.05) is 51.6 Å². The van der Waals surface area contributed by atoms with E-state index in [0.29, 0.717) is 50.6 Å². The molecule has 4 aromatic heterocycles. The Morgan fingerprint density at radius 3 is 0.934 bits per heavy atom. The minimum atomic E-state index is -0.392. The summed E-state index contributed by atoms with van der Waals surface area (Å²) >= 11 is 33.9. The van der Waals surface area contributed by atoms with Crippen molar-refractivity contribution < 1.29 is 38.1 Å². The number of nitrogens with one attached hydrogen (secondary N) is 1. The number of benzene rings is 8. The van der Waals surface area contributed by atoms with Crippen LogP contribution in [0.4, 0.5) is 0 Å². The fourth-order valence-electron chi connectivity index (χ4n) is 11.5. The normalized spacial score (nSPS) is 13.1. The summed E-state index contributed by atoms with van der Waals surface area (Å²) < 4.78 is 29.4. The first kappa shape index (κ1) is 86.4. The minimum Gasteiger partial charge on any atom is -0.468 e. The summed E-state index contributed by atoms with van der Waals surface area (Å²) in [6, 6.07) is 51.3. The van der Waals surface area contributed by atoms with Crippen molar-refractivity contribution in [2.45, 2.75) is 115 Å². The maximum absolute atomic E-state index is 11.5. The van der Waals surface area contributed by atoms with Crippen molar-refractivity contribution in [1.82, 2.24) is 59.1 Å². The number of methoxy groups -OCH3 is 4. The maximum Gasteiger partial charge on any atom is 0.320 e.